The number of rotatable bonds is 7. The molecule has 0 unspecified atom stereocenters. The fourth-order valence-electron chi connectivity index (χ4n) is 2.62. The van der Waals surface area contributed by atoms with Crippen LogP contribution >= 0.6 is 23.1 Å². The molecule has 148 valence electrons. The minimum atomic E-state index is -0.290. The van der Waals surface area contributed by atoms with Crippen molar-refractivity contribution in [3.8, 4) is 16.3 Å². The van der Waals surface area contributed by atoms with E-state index >= 15 is 0 Å². The number of benzene rings is 2. The molecule has 5 nitrogen and oxygen atoms in total. The van der Waals surface area contributed by atoms with Crippen LogP contribution in [0.5, 0.6) is 5.75 Å². The Kier molecular flexibility index (Phi) is 5.92. The van der Waals surface area contributed by atoms with Gasteiger partial charge < -0.3 is 9.30 Å². The van der Waals surface area contributed by atoms with E-state index in [0.29, 0.717) is 17.3 Å². The summed E-state index contributed by atoms with van der Waals surface area (Å²) < 4.78 is 20.5. The molecule has 29 heavy (non-hydrogen) atoms. The van der Waals surface area contributed by atoms with Crippen molar-refractivity contribution >= 4 is 23.1 Å². The van der Waals surface area contributed by atoms with Crippen LogP contribution in [0.25, 0.3) is 10.6 Å². The van der Waals surface area contributed by atoms with Crippen molar-refractivity contribution in [3.63, 3.8) is 0 Å². The van der Waals surface area contributed by atoms with E-state index in [-0.39, 0.29) is 12.4 Å². The van der Waals surface area contributed by atoms with Crippen molar-refractivity contribution in [2.75, 3.05) is 0 Å². The standard InChI is InChI=1S/C21H19FN4OS2/c1-14-3-5-15(6-4-14)20-23-17(12-28-20)13-29-21-25-24-19(26(21)2)11-27-18-9-7-16(22)8-10-18/h3-10,12H,11,13H2,1-2H3. The van der Waals surface area contributed by atoms with Crippen LogP contribution < -0.4 is 4.74 Å². The molecule has 0 amide bonds. The number of nitrogens with zero attached hydrogens (tertiary/aromatic N) is 4. The van der Waals surface area contributed by atoms with Crippen molar-refractivity contribution in [1.29, 1.82) is 0 Å². The monoisotopic (exact) mass is 426 g/mol. The largest absolute Gasteiger partial charge is 0.486 e. The van der Waals surface area contributed by atoms with Gasteiger partial charge in [0.15, 0.2) is 11.0 Å². The Balaban J connectivity index is 1.35. The highest BCUT2D eigenvalue weighted by atomic mass is 32.2. The first kappa shape index (κ1) is 19.6. The van der Waals surface area contributed by atoms with E-state index in [9.17, 15) is 4.39 Å². The first-order valence-electron chi connectivity index (χ1n) is 8.99. The van der Waals surface area contributed by atoms with Crippen LogP contribution in [0.1, 0.15) is 17.1 Å². The molecule has 4 aromatic rings. The lowest BCUT2D eigenvalue weighted by Crippen LogP contribution is -2.04. The van der Waals surface area contributed by atoms with E-state index in [1.165, 1.54) is 17.7 Å². The number of aromatic nitrogens is 4. The zero-order chi connectivity index (χ0) is 20.2. The van der Waals surface area contributed by atoms with Gasteiger partial charge >= 0.3 is 0 Å². The molecule has 0 fully saturated rings. The maximum atomic E-state index is 13.0. The molecule has 0 bridgehead atoms. The molecule has 0 aliphatic heterocycles. The summed E-state index contributed by atoms with van der Waals surface area (Å²) in [5.41, 5.74) is 3.39. The lowest BCUT2D eigenvalue weighted by Gasteiger charge is -2.06. The molecule has 0 atom stereocenters. The summed E-state index contributed by atoms with van der Waals surface area (Å²) >= 11 is 3.23. The molecule has 0 N–H and O–H groups in total. The third-order valence-corrected chi connectivity index (χ3v) is 6.30. The van der Waals surface area contributed by atoms with Gasteiger partial charge in [0.25, 0.3) is 0 Å². The third-order valence-electron chi connectivity index (χ3n) is 4.31. The lowest BCUT2D eigenvalue weighted by atomic mass is 10.2. The quantitative estimate of drug-likeness (QED) is 0.378. The highest BCUT2D eigenvalue weighted by molar-refractivity contribution is 7.98. The summed E-state index contributed by atoms with van der Waals surface area (Å²) in [7, 11) is 1.91. The summed E-state index contributed by atoms with van der Waals surface area (Å²) in [5.74, 6) is 1.72. The molecule has 0 aliphatic carbocycles. The third kappa shape index (κ3) is 4.83. The van der Waals surface area contributed by atoms with Gasteiger partial charge in [-0.3, -0.25) is 0 Å². The van der Waals surface area contributed by atoms with Gasteiger partial charge in [-0.15, -0.1) is 21.5 Å². The second-order valence-corrected chi connectivity index (χ2v) is 8.30. The van der Waals surface area contributed by atoms with Gasteiger partial charge in [-0.05, 0) is 31.2 Å². The van der Waals surface area contributed by atoms with Crippen LogP contribution in [0.3, 0.4) is 0 Å². The molecule has 0 saturated carbocycles. The van der Waals surface area contributed by atoms with E-state index in [4.69, 9.17) is 9.72 Å². The summed E-state index contributed by atoms with van der Waals surface area (Å²) in [6.07, 6.45) is 0. The number of thioether (sulfide) groups is 1. The van der Waals surface area contributed by atoms with Gasteiger partial charge in [-0.25, -0.2) is 9.37 Å². The van der Waals surface area contributed by atoms with Crippen LogP contribution in [0.2, 0.25) is 0 Å². The minimum Gasteiger partial charge on any atom is -0.486 e. The number of hydrogen-bond donors (Lipinski definition) is 0. The van der Waals surface area contributed by atoms with E-state index in [1.807, 2.05) is 11.6 Å². The topological polar surface area (TPSA) is 52.8 Å². The zero-order valence-corrected chi connectivity index (χ0v) is 17.6. The van der Waals surface area contributed by atoms with Crippen molar-refractivity contribution < 1.29 is 9.13 Å². The van der Waals surface area contributed by atoms with E-state index in [2.05, 4.69) is 46.8 Å². The van der Waals surface area contributed by atoms with Gasteiger partial charge in [0, 0.05) is 23.7 Å². The SMILES string of the molecule is Cc1ccc(-c2nc(CSc3nnc(COc4ccc(F)cc4)n3C)cs2)cc1. The normalized spacial score (nSPS) is 11.0. The molecule has 0 radical (unpaired) electrons. The number of ether oxygens (including phenoxy) is 1. The van der Waals surface area contributed by atoms with Crippen molar-refractivity contribution in [2.45, 2.75) is 24.4 Å². The van der Waals surface area contributed by atoms with Gasteiger partial charge in [0.2, 0.25) is 0 Å². The fraction of sp³-hybridized carbons (Fsp3) is 0.190. The van der Waals surface area contributed by atoms with Crippen LogP contribution in [-0.4, -0.2) is 19.7 Å². The van der Waals surface area contributed by atoms with Crippen LogP contribution in [0.4, 0.5) is 4.39 Å². The summed E-state index contributed by atoms with van der Waals surface area (Å²) in [6.45, 7) is 2.34. The van der Waals surface area contributed by atoms with E-state index < -0.39 is 0 Å². The maximum Gasteiger partial charge on any atom is 0.191 e. The van der Waals surface area contributed by atoms with Gasteiger partial charge in [-0.2, -0.15) is 0 Å². The van der Waals surface area contributed by atoms with E-state index in [0.717, 1.165) is 21.4 Å². The van der Waals surface area contributed by atoms with Gasteiger partial charge in [0.05, 0.1) is 5.69 Å². The summed E-state index contributed by atoms with van der Waals surface area (Å²) in [5, 5.41) is 12.3. The Morgan fingerprint density at radius 2 is 1.83 bits per heavy atom. The van der Waals surface area contributed by atoms with Gasteiger partial charge in [-0.1, -0.05) is 41.6 Å². The second-order valence-electron chi connectivity index (χ2n) is 6.50. The molecule has 0 aliphatic rings. The Morgan fingerprint density at radius 1 is 1.07 bits per heavy atom. The average molecular weight is 427 g/mol. The number of thiazole rings is 1. The molecule has 2 aromatic carbocycles. The Morgan fingerprint density at radius 3 is 2.59 bits per heavy atom. The minimum absolute atomic E-state index is 0.268. The average Bonchev–Trinajstić information content (AvgIpc) is 3.33. The Hall–Kier alpha value is -2.71. The highest BCUT2D eigenvalue weighted by Crippen LogP contribution is 2.27. The second kappa shape index (κ2) is 8.75. The Bertz CT molecular complexity index is 1090. The molecule has 0 spiro atoms. The molecule has 2 aromatic heterocycles. The van der Waals surface area contributed by atoms with Crippen LogP contribution in [0.15, 0.2) is 59.1 Å². The first-order valence-corrected chi connectivity index (χ1v) is 10.9. The molecular weight excluding hydrogens is 407 g/mol. The number of halogens is 1. The summed E-state index contributed by atoms with van der Waals surface area (Å²) in [6, 6.07) is 14.3. The summed E-state index contributed by atoms with van der Waals surface area (Å²) in [4.78, 5) is 4.73. The maximum absolute atomic E-state index is 13.0. The zero-order valence-electron chi connectivity index (χ0n) is 16.0. The lowest BCUT2D eigenvalue weighted by molar-refractivity contribution is 0.290. The van der Waals surface area contributed by atoms with Crippen molar-refractivity contribution in [1.82, 2.24) is 19.7 Å². The predicted molar refractivity (Wildman–Crippen MR) is 114 cm³/mol. The molecular formula is C21H19FN4OS2. The van der Waals surface area contributed by atoms with Crippen molar-refractivity contribution in [2.24, 2.45) is 7.05 Å². The van der Waals surface area contributed by atoms with Crippen LogP contribution in [0, 0.1) is 12.7 Å². The molecule has 0 saturated heterocycles. The Labute approximate surface area is 176 Å². The van der Waals surface area contributed by atoms with E-state index in [1.54, 1.807) is 35.2 Å². The van der Waals surface area contributed by atoms with Gasteiger partial charge in [0.1, 0.15) is 23.2 Å². The predicted octanol–water partition coefficient (Wildman–Crippen LogP) is 5.26. The highest BCUT2D eigenvalue weighted by Gasteiger charge is 2.12. The number of aryl methyl sites for hydroxylation is 1. The molecule has 8 heteroatoms. The van der Waals surface area contributed by atoms with Crippen LogP contribution in [-0.2, 0) is 19.4 Å². The first-order chi connectivity index (χ1) is 14.1. The van der Waals surface area contributed by atoms with Crippen molar-refractivity contribution in [3.05, 3.63) is 76.8 Å². The fourth-order valence-corrected chi connectivity index (χ4v) is 4.37. The number of hydrogen-bond acceptors (Lipinski definition) is 6. The smallest absolute Gasteiger partial charge is 0.191 e. The molecule has 4 rings (SSSR count). The molecule has 2 heterocycles.